The van der Waals surface area contributed by atoms with E-state index < -0.39 is 0 Å². The van der Waals surface area contributed by atoms with E-state index in [-0.39, 0.29) is 5.56 Å². The standard InChI is InChI=1S/C6H6N4OS/c1-10-4-3(2-7-10)8-6(12)9-5(4)11/h2H,1H3,(H2,8,9,11,12). The lowest BCUT2D eigenvalue weighted by molar-refractivity contribution is 0.791. The highest BCUT2D eigenvalue weighted by molar-refractivity contribution is 7.71. The molecule has 0 bridgehead atoms. The molecule has 2 heterocycles. The third-order valence-electron chi connectivity index (χ3n) is 1.63. The summed E-state index contributed by atoms with van der Waals surface area (Å²) in [5.74, 6) is 0. The van der Waals surface area contributed by atoms with Gasteiger partial charge in [0.25, 0.3) is 5.56 Å². The van der Waals surface area contributed by atoms with Crippen molar-refractivity contribution >= 4 is 23.3 Å². The van der Waals surface area contributed by atoms with Crippen molar-refractivity contribution in [2.75, 3.05) is 0 Å². The molecular weight excluding hydrogens is 176 g/mol. The van der Waals surface area contributed by atoms with E-state index in [1.807, 2.05) is 0 Å². The van der Waals surface area contributed by atoms with Crippen LogP contribution in [0, 0.1) is 4.77 Å². The molecule has 0 aliphatic carbocycles. The van der Waals surface area contributed by atoms with E-state index in [0.29, 0.717) is 15.8 Å². The van der Waals surface area contributed by atoms with Crippen LogP contribution in [0.3, 0.4) is 0 Å². The maximum absolute atomic E-state index is 11.3. The summed E-state index contributed by atoms with van der Waals surface area (Å²) in [6.07, 6.45) is 1.57. The van der Waals surface area contributed by atoms with Crippen LogP contribution < -0.4 is 5.56 Å². The molecule has 0 saturated carbocycles. The topological polar surface area (TPSA) is 66.5 Å². The van der Waals surface area contributed by atoms with Gasteiger partial charge in [-0.3, -0.25) is 14.5 Å². The van der Waals surface area contributed by atoms with Crippen molar-refractivity contribution in [3.8, 4) is 0 Å². The predicted octanol–water partition coefficient (Wildman–Crippen LogP) is 0.319. The Labute approximate surface area is 72.0 Å². The van der Waals surface area contributed by atoms with E-state index in [1.165, 1.54) is 4.68 Å². The van der Waals surface area contributed by atoms with Crippen LogP contribution in [0.4, 0.5) is 0 Å². The average Bonchev–Trinajstić information content (AvgIpc) is 2.31. The van der Waals surface area contributed by atoms with Gasteiger partial charge in [-0.1, -0.05) is 0 Å². The van der Waals surface area contributed by atoms with Crippen molar-refractivity contribution in [1.29, 1.82) is 0 Å². The molecule has 0 aromatic carbocycles. The van der Waals surface area contributed by atoms with Crippen molar-refractivity contribution in [1.82, 2.24) is 19.7 Å². The lowest BCUT2D eigenvalue weighted by atomic mass is 10.5. The largest absolute Gasteiger partial charge is 0.329 e. The number of aryl methyl sites for hydroxylation is 1. The molecule has 2 N–H and O–H groups in total. The van der Waals surface area contributed by atoms with Crippen LogP contribution >= 0.6 is 12.2 Å². The van der Waals surface area contributed by atoms with Gasteiger partial charge < -0.3 is 4.98 Å². The molecule has 0 aliphatic rings. The van der Waals surface area contributed by atoms with E-state index in [1.54, 1.807) is 13.2 Å². The first-order valence-electron chi connectivity index (χ1n) is 3.33. The van der Waals surface area contributed by atoms with Gasteiger partial charge in [-0.2, -0.15) is 5.10 Å². The summed E-state index contributed by atoms with van der Waals surface area (Å²) in [6.45, 7) is 0. The predicted molar refractivity (Wildman–Crippen MR) is 46.5 cm³/mol. The molecule has 12 heavy (non-hydrogen) atoms. The summed E-state index contributed by atoms with van der Waals surface area (Å²) >= 11 is 4.79. The van der Waals surface area contributed by atoms with E-state index in [2.05, 4.69) is 15.1 Å². The zero-order chi connectivity index (χ0) is 8.72. The SMILES string of the molecule is Cn1ncc2[nH]c(=S)[nH]c(=O)c21. The smallest absolute Gasteiger partial charge is 0.277 e. The number of nitrogens with zero attached hydrogens (tertiary/aromatic N) is 2. The second-order valence-corrected chi connectivity index (χ2v) is 2.85. The summed E-state index contributed by atoms with van der Waals surface area (Å²) in [7, 11) is 1.70. The third-order valence-corrected chi connectivity index (χ3v) is 1.83. The molecule has 0 atom stereocenters. The number of aromatic nitrogens is 4. The van der Waals surface area contributed by atoms with Crippen LogP contribution in [-0.2, 0) is 7.05 Å². The Balaban J connectivity index is 3.13. The van der Waals surface area contributed by atoms with E-state index in [0.717, 1.165) is 0 Å². The molecule has 0 saturated heterocycles. The van der Waals surface area contributed by atoms with Crippen LogP contribution in [0.2, 0.25) is 0 Å². The van der Waals surface area contributed by atoms with Crippen molar-refractivity contribution in [2.24, 2.45) is 7.05 Å². The number of hydrogen-bond donors (Lipinski definition) is 2. The quantitative estimate of drug-likeness (QED) is 0.576. The third kappa shape index (κ3) is 0.884. The molecular formula is C6H6N4OS. The van der Waals surface area contributed by atoms with Crippen LogP contribution in [0.25, 0.3) is 11.0 Å². The van der Waals surface area contributed by atoms with Gasteiger partial charge in [0.15, 0.2) is 4.77 Å². The molecule has 0 unspecified atom stereocenters. The van der Waals surface area contributed by atoms with Gasteiger partial charge in [0.1, 0.15) is 5.52 Å². The minimum Gasteiger partial charge on any atom is -0.329 e. The maximum atomic E-state index is 11.3. The van der Waals surface area contributed by atoms with Gasteiger partial charge in [-0.25, -0.2) is 0 Å². The molecule has 0 aliphatic heterocycles. The fourth-order valence-corrected chi connectivity index (χ4v) is 1.32. The molecule has 0 spiro atoms. The van der Waals surface area contributed by atoms with Gasteiger partial charge in [-0.05, 0) is 12.2 Å². The van der Waals surface area contributed by atoms with Gasteiger partial charge in [0.05, 0.1) is 11.7 Å². The molecule has 0 fully saturated rings. The summed E-state index contributed by atoms with van der Waals surface area (Å²) in [5.41, 5.74) is 0.948. The number of aromatic amines is 2. The van der Waals surface area contributed by atoms with Gasteiger partial charge >= 0.3 is 0 Å². The monoisotopic (exact) mass is 182 g/mol. The Morgan fingerprint density at radius 3 is 3.08 bits per heavy atom. The second-order valence-electron chi connectivity index (χ2n) is 2.44. The Morgan fingerprint density at radius 2 is 2.33 bits per heavy atom. The Morgan fingerprint density at radius 1 is 1.58 bits per heavy atom. The lowest BCUT2D eigenvalue weighted by Gasteiger charge is -1.91. The van der Waals surface area contributed by atoms with Gasteiger partial charge in [0.2, 0.25) is 0 Å². The van der Waals surface area contributed by atoms with Crippen LogP contribution in [0.15, 0.2) is 11.0 Å². The first-order chi connectivity index (χ1) is 5.68. The van der Waals surface area contributed by atoms with Gasteiger partial charge in [-0.15, -0.1) is 0 Å². The highest BCUT2D eigenvalue weighted by atomic mass is 32.1. The summed E-state index contributed by atoms with van der Waals surface area (Å²) in [4.78, 5) is 16.6. The van der Waals surface area contributed by atoms with E-state index in [9.17, 15) is 4.79 Å². The average molecular weight is 182 g/mol. The van der Waals surface area contributed by atoms with E-state index >= 15 is 0 Å². The number of fused-ring (bicyclic) bond motifs is 1. The van der Waals surface area contributed by atoms with Crippen molar-refractivity contribution in [3.05, 3.63) is 21.3 Å². The van der Waals surface area contributed by atoms with Crippen molar-refractivity contribution in [2.45, 2.75) is 0 Å². The van der Waals surface area contributed by atoms with Crippen LogP contribution in [-0.4, -0.2) is 19.7 Å². The molecule has 0 amide bonds. The highest BCUT2D eigenvalue weighted by Crippen LogP contribution is 2.01. The maximum Gasteiger partial charge on any atom is 0.277 e. The number of hydrogen-bond acceptors (Lipinski definition) is 3. The molecule has 6 heteroatoms. The second kappa shape index (κ2) is 2.28. The Hall–Kier alpha value is -1.43. The first-order valence-corrected chi connectivity index (χ1v) is 3.73. The zero-order valence-electron chi connectivity index (χ0n) is 6.29. The molecule has 2 aromatic rings. The number of H-pyrrole nitrogens is 2. The Kier molecular flexibility index (Phi) is 1.37. The zero-order valence-corrected chi connectivity index (χ0v) is 7.10. The van der Waals surface area contributed by atoms with Crippen LogP contribution in [0.5, 0.6) is 0 Å². The Bertz CT molecular complexity index is 534. The molecule has 62 valence electrons. The fraction of sp³-hybridized carbons (Fsp3) is 0.167. The molecule has 2 rings (SSSR count). The van der Waals surface area contributed by atoms with Crippen LogP contribution in [0.1, 0.15) is 0 Å². The molecule has 2 aromatic heterocycles. The fourth-order valence-electron chi connectivity index (χ4n) is 1.11. The molecule has 5 nitrogen and oxygen atoms in total. The number of rotatable bonds is 0. The minimum absolute atomic E-state index is 0.214. The highest BCUT2D eigenvalue weighted by Gasteiger charge is 2.02. The lowest BCUT2D eigenvalue weighted by Crippen LogP contribution is -2.10. The van der Waals surface area contributed by atoms with E-state index in [4.69, 9.17) is 12.2 Å². The minimum atomic E-state index is -0.214. The summed E-state index contributed by atoms with van der Waals surface area (Å²) < 4.78 is 1.82. The van der Waals surface area contributed by atoms with Crippen molar-refractivity contribution < 1.29 is 0 Å². The number of nitrogens with one attached hydrogen (secondary N) is 2. The van der Waals surface area contributed by atoms with Gasteiger partial charge in [0, 0.05) is 7.05 Å². The summed E-state index contributed by atoms with van der Waals surface area (Å²) in [6, 6.07) is 0. The first kappa shape index (κ1) is 7.23. The summed E-state index contributed by atoms with van der Waals surface area (Å²) in [5, 5.41) is 3.92. The molecule has 0 radical (unpaired) electrons. The van der Waals surface area contributed by atoms with Crippen molar-refractivity contribution in [3.63, 3.8) is 0 Å². The normalized spacial score (nSPS) is 10.8.